The Labute approximate surface area is 125 Å². The third kappa shape index (κ3) is 2.35. The van der Waals surface area contributed by atoms with Gasteiger partial charge in [-0.2, -0.15) is 0 Å². The normalized spacial score (nSPS) is 32.5. The number of ether oxygens (including phenoxy) is 1. The average Bonchev–Trinajstić information content (AvgIpc) is 2.84. The van der Waals surface area contributed by atoms with E-state index in [-0.39, 0.29) is 20.9 Å². The Morgan fingerprint density at radius 3 is 2.37 bits per heavy atom. The fourth-order valence-corrected chi connectivity index (χ4v) is 7.08. The van der Waals surface area contributed by atoms with Crippen LogP contribution in [0, 0.1) is 10.8 Å². The second-order valence-electron chi connectivity index (χ2n) is 6.40. The van der Waals surface area contributed by atoms with Crippen molar-refractivity contribution in [3.8, 4) is 0 Å². The number of hydrogen-bond acceptors (Lipinski definition) is 4. The molecule has 1 atom stereocenters. The first kappa shape index (κ1) is 15.3. The molecular formula is C15H24O2S2. The number of esters is 1. The largest absolute Gasteiger partial charge is 0.469 e. The van der Waals surface area contributed by atoms with Crippen LogP contribution in [0.3, 0.4) is 0 Å². The maximum atomic E-state index is 11.9. The molecule has 1 heterocycles. The predicted octanol–water partition coefficient (Wildman–Crippen LogP) is 4.11. The van der Waals surface area contributed by atoms with Crippen LogP contribution >= 0.6 is 23.5 Å². The van der Waals surface area contributed by atoms with Gasteiger partial charge < -0.3 is 4.74 Å². The molecule has 1 aliphatic heterocycles. The number of thioether (sulfide) groups is 2. The van der Waals surface area contributed by atoms with Gasteiger partial charge in [0.25, 0.3) is 0 Å². The zero-order valence-electron chi connectivity index (χ0n) is 12.4. The number of rotatable bonds is 2. The van der Waals surface area contributed by atoms with Gasteiger partial charge >= 0.3 is 5.97 Å². The number of hydrogen-bond donors (Lipinski definition) is 0. The van der Waals surface area contributed by atoms with E-state index in [1.807, 2.05) is 23.5 Å². The molecule has 0 radical (unpaired) electrons. The summed E-state index contributed by atoms with van der Waals surface area (Å²) in [5.41, 5.74) is 1.16. The molecule has 0 bridgehead atoms. The van der Waals surface area contributed by atoms with Crippen LogP contribution in [0.15, 0.2) is 12.2 Å². The summed E-state index contributed by atoms with van der Waals surface area (Å²) in [5, 5.41) is 0. The molecule has 0 aromatic carbocycles. The monoisotopic (exact) mass is 300 g/mol. The Hall–Kier alpha value is -0.0900. The SMILES string of the molecule is C=C1C(C)(C)CCC2(SCCS2)[C@]1(C)CC(=O)OC. The molecule has 0 unspecified atom stereocenters. The van der Waals surface area contributed by atoms with Gasteiger partial charge in [-0.3, -0.25) is 4.79 Å². The van der Waals surface area contributed by atoms with Crippen molar-refractivity contribution in [1.29, 1.82) is 0 Å². The summed E-state index contributed by atoms with van der Waals surface area (Å²) in [6.07, 6.45) is 2.76. The molecule has 1 spiro atoms. The van der Waals surface area contributed by atoms with Crippen molar-refractivity contribution in [1.82, 2.24) is 0 Å². The smallest absolute Gasteiger partial charge is 0.306 e. The zero-order valence-corrected chi connectivity index (χ0v) is 14.0. The maximum absolute atomic E-state index is 11.9. The van der Waals surface area contributed by atoms with Crippen LogP contribution in [-0.4, -0.2) is 28.7 Å². The van der Waals surface area contributed by atoms with E-state index in [4.69, 9.17) is 4.74 Å². The lowest BCUT2D eigenvalue weighted by molar-refractivity contribution is -0.143. The molecule has 19 heavy (non-hydrogen) atoms. The molecule has 0 aromatic rings. The Morgan fingerprint density at radius 2 is 1.84 bits per heavy atom. The molecule has 0 N–H and O–H groups in total. The van der Waals surface area contributed by atoms with E-state index in [9.17, 15) is 4.79 Å². The Balaban J connectivity index is 2.40. The van der Waals surface area contributed by atoms with Gasteiger partial charge in [-0.25, -0.2) is 0 Å². The van der Waals surface area contributed by atoms with Crippen LogP contribution in [0.5, 0.6) is 0 Å². The third-order valence-corrected chi connectivity index (χ3v) is 8.91. The van der Waals surface area contributed by atoms with E-state index < -0.39 is 0 Å². The van der Waals surface area contributed by atoms with Crippen LogP contribution in [0.4, 0.5) is 0 Å². The van der Waals surface area contributed by atoms with Crippen LogP contribution < -0.4 is 0 Å². The lowest BCUT2D eigenvalue weighted by Crippen LogP contribution is -2.50. The summed E-state index contributed by atoms with van der Waals surface area (Å²) in [7, 11) is 1.48. The van der Waals surface area contributed by atoms with Gasteiger partial charge in [0.2, 0.25) is 0 Å². The van der Waals surface area contributed by atoms with Crippen molar-refractivity contribution in [2.45, 2.75) is 44.1 Å². The summed E-state index contributed by atoms with van der Waals surface area (Å²) in [4.78, 5) is 11.9. The van der Waals surface area contributed by atoms with Crippen molar-refractivity contribution in [3.05, 3.63) is 12.2 Å². The number of allylic oxidation sites excluding steroid dienone is 1. The topological polar surface area (TPSA) is 26.3 Å². The molecule has 1 saturated heterocycles. The highest BCUT2D eigenvalue weighted by Gasteiger charge is 2.59. The highest BCUT2D eigenvalue weighted by atomic mass is 32.2. The van der Waals surface area contributed by atoms with E-state index in [1.165, 1.54) is 24.2 Å². The standard InChI is InChI=1S/C15H24O2S2/c1-11-13(2,3)6-7-15(18-8-9-19-15)14(11,4)10-12(16)17-5/h1,6-10H2,2-5H3/t14-/m1/s1. The van der Waals surface area contributed by atoms with E-state index in [0.29, 0.717) is 6.42 Å². The van der Waals surface area contributed by atoms with Gasteiger partial charge in [-0.15, -0.1) is 23.5 Å². The molecule has 108 valence electrons. The van der Waals surface area contributed by atoms with Crippen molar-refractivity contribution >= 4 is 29.5 Å². The average molecular weight is 300 g/mol. The van der Waals surface area contributed by atoms with Crippen molar-refractivity contribution in [2.24, 2.45) is 10.8 Å². The van der Waals surface area contributed by atoms with Crippen molar-refractivity contribution in [2.75, 3.05) is 18.6 Å². The fourth-order valence-electron chi connectivity index (χ4n) is 3.40. The first-order valence-electron chi connectivity index (χ1n) is 6.82. The van der Waals surface area contributed by atoms with Crippen molar-refractivity contribution in [3.63, 3.8) is 0 Å². The molecule has 1 aliphatic carbocycles. The molecule has 4 heteroatoms. The van der Waals surface area contributed by atoms with E-state index >= 15 is 0 Å². The van der Waals surface area contributed by atoms with Crippen LogP contribution in [0.25, 0.3) is 0 Å². The number of carbonyl (C=O) groups excluding carboxylic acids is 1. The fraction of sp³-hybridized carbons (Fsp3) is 0.800. The van der Waals surface area contributed by atoms with E-state index in [2.05, 4.69) is 27.4 Å². The van der Waals surface area contributed by atoms with Crippen molar-refractivity contribution < 1.29 is 9.53 Å². The van der Waals surface area contributed by atoms with Gasteiger partial charge in [0, 0.05) is 16.9 Å². The minimum atomic E-state index is -0.173. The molecule has 2 fully saturated rings. The quantitative estimate of drug-likeness (QED) is 0.566. The highest BCUT2D eigenvalue weighted by Crippen LogP contribution is 2.67. The lowest BCUT2D eigenvalue weighted by atomic mass is 9.59. The zero-order chi connectivity index (χ0) is 14.3. The molecule has 0 aromatic heterocycles. The lowest BCUT2D eigenvalue weighted by Gasteiger charge is -2.55. The van der Waals surface area contributed by atoms with E-state index in [0.717, 1.165) is 12.8 Å². The summed E-state index contributed by atoms with van der Waals surface area (Å²) < 4.78 is 5.06. The molecule has 0 amide bonds. The minimum absolute atomic E-state index is 0.109. The Kier molecular flexibility index (Phi) is 4.05. The first-order valence-corrected chi connectivity index (χ1v) is 8.79. The van der Waals surface area contributed by atoms with Gasteiger partial charge in [0.15, 0.2) is 0 Å². The summed E-state index contributed by atoms with van der Waals surface area (Å²) in [6.45, 7) is 11.1. The number of methoxy groups -OCH3 is 1. The van der Waals surface area contributed by atoms with Gasteiger partial charge in [0.05, 0.1) is 17.6 Å². The van der Waals surface area contributed by atoms with Crippen LogP contribution in [0.2, 0.25) is 0 Å². The Morgan fingerprint density at radius 1 is 1.26 bits per heavy atom. The molecular weight excluding hydrogens is 276 g/mol. The maximum Gasteiger partial charge on any atom is 0.306 e. The molecule has 2 nitrogen and oxygen atoms in total. The summed E-state index contributed by atoms with van der Waals surface area (Å²) >= 11 is 4.05. The number of carbonyl (C=O) groups is 1. The van der Waals surface area contributed by atoms with E-state index in [1.54, 1.807) is 0 Å². The predicted molar refractivity (Wildman–Crippen MR) is 84.5 cm³/mol. The first-order chi connectivity index (χ1) is 8.77. The molecule has 2 aliphatic rings. The summed E-state index contributed by atoms with van der Waals surface area (Å²) in [6, 6.07) is 0. The molecule has 2 rings (SSSR count). The Bertz CT molecular complexity index is 397. The van der Waals surface area contributed by atoms with Gasteiger partial charge in [-0.05, 0) is 18.3 Å². The highest BCUT2D eigenvalue weighted by molar-refractivity contribution is 8.21. The van der Waals surface area contributed by atoms with Crippen LogP contribution in [0.1, 0.15) is 40.0 Å². The van der Waals surface area contributed by atoms with Gasteiger partial charge in [-0.1, -0.05) is 32.9 Å². The molecule has 1 saturated carbocycles. The van der Waals surface area contributed by atoms with Crippen LogP contribution in [-0.2, 0) is 9.53 Å². The second kappa shape index (κ2) is 5.03. The second-order valence-corrected chi connectivity index (χ2v) is 9.44. The minimum Gasteiger partial charge on any atom is -0.469 e. The third-order valence-electron chi connectivity index (χ3n) is 4.88. The van der Waals surface area contributed by atoms with Gasteiger partial charge in [0.1, 0.15) is 0 Å². The summed E-state index contributed by atoms with van der Waals surface area (Å²) in [5.74, 6) is 2.23.